The Kier molecular flexibility index (Phi) is 4.96. The molecular weight excluding hydrogens is 240 g/mol. The Balaban J connectivity index is 3.04. The highest BCUT2D eigenvalue weighted by molar-refractivity contribution is 6.33. The zero-order valence-electron chi connectivity index (χ0n) is 10.5. The Morgan fingerprint density at radius 1 is 1.59 bits per heavy atom. The van der Waals surface area contributed by atoms with E-state index >= 15 is 0 Å². The minimum Gasteiger partial charge on any atom is -0.372 e. The fourth-order valence-corrected chi connectivity index (χ4v) is 1.80. The van der Waals surface area contributed by atoms with E-state index in [0.717, 1.165) is 13.0 Å². The topological polar surface area (TPSA) is 64.2 Å². The normalized spacial score (nSPS) is 10.9. The second kappa shape index (κ2) is 6.02. The van der Waals surface area contributed by atoms with Crippen LogP contribution >= 0.6 is 11.6 Å². The SMILES string of the molecule is CC(C)n1ncc(N(C)CCCN)c(Cl)c1=O. The molecular formula is C11H19ClN4O. The molecule has 1 heterocycles. The molecule has 0 aliphatic rings. The monoisotopic (exact) mass is 258 g/mol. The number of halogens is 1. The second-order valence-electron chi connectivity index (χ2n) is 4.25. The molecule has 0 aliphatic carbocycles. The van der Waals surface area contributed by atoms with E-state index in [1.807, 2.05) is 25.8 Å². The molecule has 17 heavy (non-hydrogen) atoms. The van der Waals surface area contributed by atoms with E-state index in [4.69, 9.17) is 17.3 Å². The van der Waals surface area contributed by atoms with Crippen molar-refractivity contribution in [2.45, 2.75) is 26.3 Å². The number of nitrogens with two attached hydrogens (primary N) is 1. The summed E-state index contributed by atoms with van der Waals surface area (Å²) in [5.41, 5.74) is 5.85. The molecule has 0 aliphatic heterocycles. The highest BCUT2D eigenvalue weighted by Gasteiger charge is 2.13. The lowest BCUT2D eigenvalue weighted by Gasteiger charge is -2.20. The molecule has 6 heteroatoms. The van der Waals surface area contributed by atoms with E-state index in [0.29, 0.717) is 12.2 Å². The van der Waals surface area contributed by atoms with Crippen molar-refractivity contribution in [1.82, 2.24) is 9.78 Å². The maximum Gasteiger partial charge on any atom is 0.287 e. The van der Waals surface area contributed by atoms with Crippen LogP contribution in [0.3, 0.4) is 0 Å². The Morgan fingerprint density at radius 2 is 2.24 bits per heavy atom. The van der Waals surface area contributed by atoms with Crippen molar-refractivity contribution in [2.75, 3.05) is 25.0 Å². The summed E-state index contributed by atoms with van der Waals surface area (Å²) in [6.45, 7) is 5.15. The van der Waals surface area contributed by atoms with Gasteiger partial charge in [0, 0.05) is 13.6 Å². The largest absolute Gasteiger partial charge is 0.372 e. The highest BCUT2D eigenvalue weighted by atomic mass is 35.5. The number of nitrogens with zero attached hydrogens (tertiary/aromatic N) is 3. The molecule has 0 radical (unpaired) electrons. The zero-order valence-corrected chi connectivity index (χ0v) is 11.2. The quantitative estimate of drug-likeness (QED) is 0.864. The first kappa shape index (κ1) is 14.0. The lowest BCUT2D eigenvalue weighted by molar-refractivity contribution is 0.502. The molecule has 0 unspecified atom stereocenters. The Bertz CT molecular complexity index is 430. The van der Waals surface area contributed by atoms with E-state index in [-0.39, 0.29) is 16.6 Å². The van der Waals surface area contributed by atoms with Crippen LogP contribution in [0.2, 0.25) is 5.02 Å². The summed E-state index contributed by atoms with van der Waals surface area (Å²) in [5, 5.41) is 4.33. The predicted octanol–water partition coefficient (Wildman–Crippen LogP) is 1.26. The summed E-state index contributed by atoms with van der Waals surface area (Å²) in [5.74, 6) is 0. The summed E-state index contributed by atoms with van der Waals surface area (Å²) in [7, 11) is 1.87. The minimum atomic E-state index is -0.251. The summed E-state index contributed by atoms with van der Waals surface area (Å²) in [6.07, 6.45) is 2.47. The Hall–Kier alpha value is -1.07. The van der Waals surface area contributed by atoms with Crippen LogP contribution in [0.15, 0.2) is 11.0 Å². The van der Waals surface area contributed by atoms with E-state index in [1.54, 1.807) is 6.20 Å². The van der Waals surface area contributed by atoms with E-state index < -0.39 is 0 Å². The summed E-state index contributed by atoms with van der Waals surface area (Å²) < 4.78 is 1.38. The number of hydrogen-bond acceptors (Lipinski definition) is 4. The zero-order chi connectivity index (χ0) is 13.0. The summed E-state index contributed by atoms with van der Waals surface area (Å²) in [6, 6.07) is 0.00315. The van der Waals surface area contributed by atoms with Crippen LogP contribution in [-0.4, -0.2) is 29.9 Å². The maximum absolute atomic E-state index is 11.9. The highest BCUT2D eigenvalue weighted by Crippen LogP contribution is 2.20. The Morgan fingerprint density at radius 3 is 2.76 bits per heavy atom. The van der Waals surface area contributed by atoms with Crippen molar-refractivity contribution in [3.63, 3.8) is 0 Å². The van der Waals surface area contributed by atoms with E-state index in [9.17, 15) is 4.79 Å². The molecule has 5 nitrogen and oxygen atoms in total. The first-order valence-electron chi connectivity index (χ1n) is 5.67. The van der Waals surface area contributed by atoms with Crippen molar-refractivity contribution in [3.8, 4) is 0 Å². The third-order valence-corrected chi connectivity index (χ3v) is 2.88. The van der Waals surface area contributed by atoms with Gasteiger partial charge in [-0.3, -0.25) is 4.79 Å². The Labute approximate surface area is 106 Å². The van der Waals surface area contributed by atoms with Crippen LogP contribution in [0, 0.1) is 0 Å². The van der Waals surface area contributed by atoms with Gasteiger partial charge in [0.1, 0.15) is 5.02 Å². The van der Waals surface area contributed by atoms with E-state index in [1.165, 1.54) is 4.68 Å². The van der Waals surface area contributed by atoms with Gasteiger partial charge in [-0.25, -0.2) is 4.68 Å². The average Bonchev–Trinajstić information content (AvgIpc) is 2.29. The van der Waals surface area contributed by atoms with Gasteiger partial charge in [0.25, 0.3) is 5.56 Å². The predicted molar refractivity (Wildman–Crippen MR) is 70.8 cm³/mol. The van der Waals surface area contributed by atoms with Gasteiger partial charge in [0.15, 0.2) is 0 Å². The van der Waals surface area contributed by atoms with Crippen molar-refractivity contribution in [1.29, 1.82) is 0 Å². The molecule has 0 atom stereocenters. The minimum absolute atomic E-state index is 0.00315. The first-order chi connectivity index (χ1) is 7.99. The van der Waals surface area contributed by atoms with Gasteiger partial charge in [0.05, 0.1) is 17.9 Å². The second-order valence-corrected chi connectivity index (χ2v) is 4.63. The van der Waals surface area contributed by atoms with Gasteiger partial charge in [-0.2, -0.15) is 5.10 Å². The fourth-order valence-electron chi connectivity index (χ4n) is 1.52. The molecule has 1 rings (SSSR count). The van der Waals surface area contributed by atoms with Crippen molar-refractivity contribution in [2.24, 2.45) is 5.73 Å². The third kappa shape index (κ3) is 3.20. The van der Waals surface area contributed by atoms with Crippen LogP contribution in [0.5, 0.6) is 0 Å². The molecule has 0 amide bonds. The molecule has 0 fully saturated rings. The maximum atomic E-state index is 11.9. The summed E-state index contributed by atoms with van der Waals surface area (Å²) >= 11 is 6.07. The molecule has 0 aromatic carbocycles. The van der Waals surface area contributed by atoms with Gasteiger partial charge >= 0.3 is 0 Å². The fraction of sp³-hybridized carbons (Fsp3) is 0.636. The molecule has 0 spiro atoms. The van der Waals surface area contributed by atoms with Gasteiger partial charge < -0.3 is 10.6 Å². The molecule has 0 bridgehead atoms. The summed E-state index contributed by atoms with van der Waals surface area (Å²) in [4.78, 5) is 13.8. The van der Waals surface area contributed by atoms with Crippen LogP contribution in [-0.2, 0) is 0 Å². The molecule has 2 N–H and O–H groups in total. The van der Waals surface area contributed by atoms with Crippen LogP contribution in [0.1, 0.15) is 26.3 Å². The molecule has 1 aromatic heterocycles. The van der Waals surface area contributed by atoms with Crippen molar-refractivity contribution >= 4 is 17.3 Å². The number of rotatable bonds is 5. The molecule has 0 saturated carbocycles. The smallest absolute Gasteiger partial charge is 0.287 e. The molecule has 1 aromatic rings. The van der Waals surface area contributed by atoms with Crippen LogP contribution in [0.4, 0.5) is 5.69 Å². The lowest BCUT2D eigenvalue weighted by atomic mass is 10.3. The van der Waals surface area contributed by atoms with Gasteiger partial charge in [0.2, 0.25) is 0 Å². The van der Waals surface area contributed by atoms with Gasteiger partial charge in [-0.15, -0.1) is 0 Å². The number of anilines is 1. The van der Waals surface area contributed by atoms with E-state index in [2.05, 4.69) is 5.10 Å². The molecule has 96 valence electrons. The number of hydrogen-bond donors (Lipinski definition) is 1. The molecule has 0 saturated heterocycles. The van der Waals surface area contributed by atoms with Crippen molar-refractivity contribution < 1.29 is 0 Å². The number of aromatic nitrogens is 2. The van der Waals surface area contributed by atoms with Crippen molar-refractivity contribution in [3.05, 3.63) is 21.6 Å². The van der Waals surface area contributed by atoms with Gasteiger partial charge in [-0.1, -0.05) is 11.6 Å². The third-order valence-electron chi connectivity index (χ3n) is 2.52. The first-order valence-corrected chi connectivity index (χ1v) is 6.05. The van der Waals surface area contributed by atoms with Crippen LogP contribution in [0.25, 0.3) is 0 Å². The standard InChI is InChI=1S/C11H19ClN4O/c1-8(2)16-11(17)10(12)9(7-14-16)15(3)6-4-5-13/h7-8H,4-6,13H2,1-3H3. The average molecular weight is 259 g/mol. The lowest BCUT2D eigenvalue weighted by Crippen LogP contribution is -2.29. The van der Waals surface area contributed by atoms with Crippen LogP contribution < -0.4 is 16.2 Å². The van der Waals surface area contributed by atoms with Gasteiger partial charge in [-0.05, 0) is 26.8 Å².